The molecule has 0 amide bonds. The average Bonchev–Trinajstić information content (AvgIpc) is 3.26. The predicted molar refractivity (Wildman–Crippen MR) is 192 cm³/mol. The average molecular weight is 589 g/mol. The van der Waals surface area contributed by atoms with Gasteiger partial charge in [0.2, 0.25) is 0 Å². The fraction of sp³-hybridized carbons (Fsp3) is 0. The molecule has 0 unspecified atom stereocenters. The molecule has 0 atom stereocenters. The van der Waals surface area contributed by atoms with Gasteiger partial charge in [-0.3, -0.25) is 0 Å². The Balaban J connectivity index is 1.40. The van der Waals surface area contributed by atoms with Gasteiger partial charge in [0.25, 0.3) is 0 Å². The minimum Gasteiger partial charge on any atom is -0.310 e. The SMILES string of the molecule is [2H]c1c([2H])c([2H])c(-c2c([2H])c([2H])c3c([2H])c(-c4c([2H])c([2H])c(N(c5cccc(-c6ccccc6)c5)c5cccc6ccccc56)c([2H])c4[2H])c([2H])c([2H])c3c2[2H])c([2H])c1[2H]. The first kappa shape index (κ1) is 15.2. The summed E-state index contributed by atoms with van der Waals surface area (Å²) in [5.74, 6) is 0. The molecule has 0 radical (unpaired) electrons. The van der Waals surface area contributed by atoms with Crippen molar-refractivity contribution in [3.63, 3.8) is 0 Å². The zero-order valence-corrected chi connectivity index (χ0v) is 23.7. The Bertz CT molecular complexity index is 3050. The quantitative estimate of drug-likeness (QED) is 0.187. The summed E-state index contributed by atoms with van der Waals surface area (Å²) in [6, 6.07) is 19.6. The zero-order chi connectivity index (χ0) is 43.1. The van der Waals surface area contributed by atoms with Crippen molar-refractivity contribution in [3.8, 4) is 33.4 Å². The Hall–Kier alpha value is -5.92. The van der Waals surface area contributed by atoms with Gasteiger partial charge in [-0.2, -0.15) is 0 Å². The van der Waals surface area contributed by atoms with E-state index in [0.717, 1.165) is 21.9 Å². The van der Waals surface area contributed by atoms with Crippen molar-refractivity contribution in [2.75, 3.05) is 4.90 Å². The van der Waals surface area contributed by atoms with Crippen molar-refractivity contribution in [3.05, 3.63) is 188 Å². The van der Waals surface area contributed by atoms with E-state index in [4.69, 9.17) is 13.7 Å². The van der Waals surface area contributed by atoms with Crippen LogP contribution >= 0.6 is 0 Å². The van der Waals surface area contributed by atoms with Crippen LogP contribution in [0.3, 0.4) is 0 Å². The summed E-state index contributed by atoms with van der Waals surface area (Å²) >= 11 is 0. The number of hydrogen-bond donors (Lipinski definition) is 0. The molecular formula is C44H31N. The fourth-order valence-electron chi connectivity index (χ4n) is 5.29. The summed E-state index contributed by atoms with van der Waals surface area (Å²) in [5.41, 5.74) is 0.536. The molecule has 1 heteroatoms. The van der Waals surface area contributed by atoms with Crippen LogP contribution in [0.1, 0.15) is 20.6 Å². The van der Waals surface area contributed by atoms with Crippen molar-refractivity contribution < 1.29 is 20.6 Å². The molecular weight excluding hydrogens is 542 g/mol. The molecule has 0 aliphatic heterocycles. The molecule has 212 valence electrons. The van der Waals surface area contributed by atoms with Crippen LogP contribution in [-0.2, 0) is 0 Å². The highest BCUT2D eigenvalue weighted by Gasteiger charge is 2.16. The van der Waals surface area contributed by atoms with E-state index in [1.165, 1.54) is 0 Å². The summed E-state index contributed by atoms with van der Waals surface area (Å²) < 4.78 is 133. The molecule has 0 fully saturated rings. The predicted octanol–water partition coefficient (Wildman–Crippen LogP) is 12.5. The van der Waals surface area contributed by atoms with E-state index in [9.17, 15) is 6.85 Å². The molecule has 0 saturated carbocycles. The number of fused-ring (bicyclic) bond motifs is 2. The van der Waals surface area contributed by atoms with Crippen molar-refractivity contribution in [2.24, 2.45) is 0 Å². The molecule has 1 nitrogen and oxygen atoms in total. The maximum atomic E-state index is 9.48. The zero-order valence-electron chi connectivity index (χ0n) is 38.7. The number of hydrogen-bond acceptors (Lipinski definition) is 1. The Morgan fingerprint density at radius 3 is 1.73 bits per heavy atom. The molecule has 0 heterocycles. The van der Waals surface area contributed by atoms with Gasteiger partial charge in [0.15, 0.2) is 0 Å². The van der Waals surface area contributed by atoms with Gasteiger partial charge in [0.1, 0.15) is 0 Å². The molecule has 0 spiro atoms. The first-order chi connectivity index (χ1) is 28.6. The Kier molecular flexibility index (Phi) is 3.93. The monoisotopic (exact) mass is 588 g/mol. The lowest BCUT2D eigenvalue weighted by Crippen LogP contribution is -2.10. The second-order valence-electron chi connectivity index (χ2n) is 10.2. The molecule has 0 N–H and O–H groups in total. The van der Waals surface area contributed by atoms with Gasteiger partial charge in [-0.25, -0.2) is 0 Å². The number of anilines is 3. The maximum Gasteiger partial charge on any atom is 0.0645 e. The summed E-state index contributed by atoms with van der Waals surface area (Å²) in [5, 5.41) is 0.646. The van der Waals surface area contributed by atoms with Crippen LogP contribution in [0, 0.1) is 0 Å². The number of nitrogens with zero attached hydrogens (tertiary/aromatic N) is 1. The van der Waals surface area contributed by atoms with E-state index >= 15 is 0 Å². The van der Waals surface area contributed by atoms with Crippen LogP contribution in [0.2, 0.25) is 0 Å². The van der Waals surface area contributed by atoms with Gasteiger partial charge in [-0.15, -0.1) is 0 Å². The van der Waals surface area contributed by atoms with Gasteiger partial charge < -0.3 is 4.90 Å². The highest BCUT2D eigenvalue weighted by atomic mass is 15.1. The molecule has 8 aromatic rings. The lowest BCUT2D eigenvalue weighted by Gasteiger charge is -2.27. The van der Waals surface area contributed by atoms with Crippen molar-refractivity contribution in [1.29, 1.82) is 0 Å². The fourth-order valence-corrected chi connectivity index (χ4v) is 5.29. The summed E-state index contributed by atoms with van der Waals surface area (Å²) in [4.78, 5) is 1.64. The first-order valence-electron chi connectivity index (χ1n) is 21.7. The normalized spacial score (nSPS) is 15.8. The van der Waals surface area contributed by atoms with Crippen LogP contribution in [-0.4, -0.2) is 0 Å². The Labute approximate surface area is 285 Å². The van der Waals surface area contributed by atoms with E-state index in [1.807, 2.05) is 91.0 Å². The van der Waals surface area contributed by atoms with Gasteiger partial charge in [0, 0.05) is 16.8 Å². The minimum absolute atomic E-state index is 0.133. The molecule has 8 rings (SSSR count). The molecule has 0 aromatic heterocycles. The molecule has 45 heavy (non-hydrogen) atoms. The number of benzene rings is 8. The summed E-state index contributed by atoms with van der Waals surface area (Å²) in [7, 11) is 0. The lowest BCUT2D eigenvalue weighted by molar-refractivity contribution is 1.30. The van der Waals surface area contributed by atoms with Crippen molar-refractivity contribution in [1.82, 2.24) is 0 Å². The van der Waals surface area contributed by atoms with E-state index < -0.39 is 124 Å². The van der Waals surface area contributed by atoms with Crippen LogP contribution in [0.15, 0.2) is 188 Å². The summed E-state index contributed by atoms with van der Waals surface area (Å²) in [6.45, 7) is 0. The molecule has 8 aromatic carbocycles. The van der Waals surface area contributed by atoms with Crippen LogP contribution in [0.25, 0.3) is 54.9 Å². The standard InChI is InChI=1S/C44H31N/c1-3-11-32(12-4-1)36-17-9-18-42(31-36)45(44-20-10-16-35-15-7-8-19-43(35)44)41-27-25-34(26-28-41)38-22-24-39-29-37(21-23-40(39)30-38)33-13-5-2-6-14-33/h1-31H/i2D,5D,6D,13D,14D,21D,22D,23D,24D,25D,26D,27D,28D,29D,30D. The molecule has 0 bridgehead atoms. The third kappa shape index (κ3) is 5.26. The van der Waals surface area contributed by atoms with E-state index in [0.29, 0.717) is 11.4 Å². The van der Waals surface area contributed by atoms with Crippen LogP contribution in [0.5, 0.6) is 0 Å². The highest BCUT2D eigenvalue weighted by Crippen LogP contribution is 2.41. The van der Waals surface area contributed by atoms with Gasteiger partial charge >= 0.3 is 0 Å². The third-order valence-corrected chi connectivity index (χ3v) is 7.43. The van der Waals surface area contributed by atoms with E-state index in [-0.39, 0.29) is 5.69 Å². The smallest absolute Gasteiger partial charge is 0.0645 e. The van der Waals surface area contributed by atoms with Gasteiger partial charge in [0.05, 0.1) is 26.2 Å². The largest absolute Gasteiger partial charge is 0.310 e. The van der Waals surface area contributed by atoms with E-state index in [1.54, 1.807) is 11.0 Å². The second-order valence-corrected chi connectivity index (χ2v) is 10.2. The Morgan fingerprint density at radius 2 is 0.978 bits per heavy atom. The van der Waals surface area contributed by atoms with E-state index in [2.05, 4.69) is 0 Å². The number of rotatable bonds is 6. The molecule has 0 aliphatic rings. The van der Waals surface area contributed by atoms with Crippen LogP contribution in [0.4, 0.5) is 17.1 Å². The Morgan fingerprint density at radius 1 is 0.378 bits per heavy atom. The van der Waals surface area contributed by atoms with Crippen molar-refractivity contribution in [2.45, 2.75) is 0 Å². The highest BCUT2D eigenvalue weighted by molar-refractivity contribution is 5.99. The minimum atomic E-state index is -0.777. The first-order valence-corrected chi connectivity index (χ1v) is 14.2. The summed E-state index contributed by atoms with van der Waals surface area (Å²) in [6.07, 6.45) is 0. The van der Waals surface area contributed by atoms with Crippen LogP contribution < -0.4 is 4.90 Å². The second kappa shape index (κ2) is 11.6. The van der Waals surface area contributed by atoms with Gasteiger partial charge in [-0.1, -0.05) is 145 Å². The molecule has 0 saturated heterocycles. The lowest BCUT2D eigenvalue weighted by atomic mass is 9.97. The maximum absolute atomic E-state index is 9.48. The topological polar surface area (TPSA) is 3.24 Å². The van der Waals surface area contributed by atoms with Crippen molar-refractivity contribution >= 4 is 38.6 Å². The third-order valence-electron chi connectivity index (χ3n) is 7.43. The van der Waals surface area contributed by atoms with Gasteiger partial charge in [-0.05, 0) is 91.9 Å². The molecule has 0 aliphatic carbocycles.